The molecule has 0 spiro atoms. The van der Waals surface area contributed by atoms with Crippen molar-refractivity contribution in [2.24, 2.45) is 0 Å². The summed E-state index contributed by atoms with van der Waals surface area (Å²) in [5, 5.41) is 15.4. The van der Waals surface area contributed by atoms with Crippen LogP contribution in [0.15, 0.2) is 121 Å². The molecule has 1 nitrogen and oxygen atoms in total. The highest BCUT2D eigenvalue weighted by Gasteiger charge is 2.44. The summed E-state index contributed by atoms with van der Waals surface area (Å²) < 4.78 is 0. The van der Waals surface area contributed by atoms with Crippen LogP contribution in [0.4, 0.5) is 0 Å². The summed E-state index contributed by atoms with van der Waals surface area (Å²) >= 11 is 6.04. The van der Waals surface area contributed by atoms with Crippen molar-refractivity contribution >= 4 is 40.5 Å². The van der Waals surface area contributed by atoms with Gasteiger partial charge in [-0.25, -0.2) is 0 Å². The second-order valence-electron chi connectivity index (χ2n) is 6.75. The topological polar surface area (TPSA) is 20.2 Å². The molecule has 3 heteroatoms. The molecule has 0 radical (unpaired) electrons. The lowest BCUT2D eigenvalue weighted by molar-refractivity contribution is 0.513. The average molecular weight is 416 g/mol. The van der Waals surface area contributed by atoms with Crippen molar-refractivity contribution in [3.05, 3.63) is 132 Å². The molecule has 142 valence electrons. The predicted molar refractivity (Wildman–Crippen MR) is 127 cm³/mol. The van der Waals surface area contributed by atoms with Crippen LogP contribution >= 0.6 is 18.9 Å². The fraction of sp³-hybridized carbons (Fsp3) is 0. The van der Waals surface area contributed by atoms with E-state index in [0.717, 1.165) is 5.56 Å². The van der Waals surface area contributed by atoms with E-state index in [2.05, 4.69) is 78.6 Å². The maximum atomic E-state index is 11.2. The Morgan fingerprint density at radius 2 is 0.966 bits per heavy atom. The first-order chi connectivity index (χ1) is 14.2. The predicted octanol–water partition coefficient (Wildman–Crippen LogP) is 6.19. The molecule has 4 aromatic rings. The minimum Gasteiger partial charge on any atom is -0.504 e. The fourth-order valence-electron chi connectivity index (χ4n) is 3.54. The van der Waals surface area contributed by atoms with Gasteiger partial charge in [0.15, 0.2) is 5.76 Å². The van der Waals surface area contributed by atoms with Crippen molar-refractivity contribution in [2.45, 2.75) is 0 Å². The molecule has 0 amide bonds. The molecule has 0 saturated heterocycles. The maximum absolute atomic E-state index is 11.2. The monoisotopic (exact) mass is 415 g/mol. The van der Waals surface area contributed by atoms with E-state index in [-0.39, 0.29) is 5.76 Å². The molecule has 0 saturated carbocycles. The molecule has 0 unspecified atom stereocenters. The molecule has 4 aromatic carbocycles. The molecular weight excluding hydrogens is 395 g/mol. The van der Waals surface area contributed by atoms with Gasteiger partial charge >= 0.3 is 0 Å². The standard InChI is InChI=1S/C26H20ClOP/c27-22-18-16-21(17-19-22)26(28)20-29(23-10-4-1-5-11-23,24-12-6-2-7-13-24)25-14-8-3-9-15-25/h1-20H/p+1/b26-20-. The van der Waals surface area contributed by atoms with Crippen LogP contribution in [-0.4, -0.2) is 5.11 Å². The van der Waals surface area contributed by atoms with Gasteiger partial charge in [-0.3, -0.25) is 0 Å². The highest BCUT2D eigenvalue weighted by Crippen LogP contribution is 2.58. The van der Waals surface area contributed by atoms with E-state index < -0.39 is 7.26 Å². The summed E-state index contributed by atoms with van der Waals surface area (Å²) in [6.07, 6.45) is 0. The van der Waals surface area contributed by atoms with E-state index in [4.69, 9.17) is 11.6 Å². The molecule has 29 heavy (non-hydrogen) atoms. The van der Waals surface area contributed by atoms with Gasteiger partial charge in [0.25, 0.3) is 0 Å². The smallest absolute Gasteiger partial charge is 0.158 e. The summed E-state index contributed by atoms with van der Waals surface area (Å²) in [6, 6.07) is 38.6. The molecule has 0 heterocycles. The number of rotatable bonds is 5. The summed E-state index contributed by atoms with van der Waals surface area (Å²) in [6.45, 7) is 0. The second-order valence-corrected chi connectivity index (χ2v) is 10.4. The van der Waals surface area contributed by atoms with Gasteiger partial charge < -0.3 is 5.11 Å². The Bertz CT molecular complexity index is 995. The molecule has 0 aliphatic carbocycles. The van der Waals surface area contributed by atoms with Crippen molar-refractivity contribution in [3.8, 4) is 0 Å². The lowest BCUT2D eigenvalue weighted by atomic mass is 10.2. The van der Waals surface area contributed by atoms with Crippen LogP contribution in [-0.2, 0) is 0 Å². The molecule has 0 bridgehead atoms. The largest absolute Gasteiger partial charge is 0.504 e. The highest BCUT2D eigenvalue weighted by molar-refractivity contribution is 7.98. The van der Waals surface area contributed by atoms with Crippen LogP contribution in [0.5, 0.6) is 0 Å². The van der Waals surface area contributed by atoms with Gasteiger partial charge in [0.2, 0.25) is 0 Å². The second kappa shape index (κ2) is 8.66. The summed E-state index contributed by atoms with van der Waals surface area (Å²) in [4.78, 5) is 0. The highest BCUT2D eigenvalue weighted by atomic mass is 35.5. The van der Waals surface area contributed by atoms with E-state index in [9.17, 15) is 5.11 Å². The third kappa shape index (κ3) is 3.98. The Balaban J connectivity index is 2.02. The number of aliphatic hydroxyl groups is 1. The first-order valence-electron chi connectivity index (χ1n) is 9.43. The quantitative estimate of drug-likeness (QED) is 0.304. The fourth-order valence-corrected chi connectivity index (χ4v) is 7.45. The lowest BCUT2D eigenvalue weighted by Gasteiger charge is -2.24. The van der Waals surface area contributed by atoms with Crippen molar-refractivity contribution < 1.29 is 5.11 Å². The Labute approximate surface area is 177 Å². The minimum atomic E-state index is -2.23. The van der Waals surface area contributed by atoms with Crippen LogP contribution in [0.2, 0.25) is 5.02 Å². The minimum absolute atomic E-state index is 0.256. The van der Waals surface area contributed by atoms with Gasteiger partial charge in [-0.15, -0.1) is 0 Å². The normalized spacial score (nSPS) is 12.0. The number of hydrogen-bond donors (Lipinski definition) is 1. The van der Waals surface area contributed by atoms with Gasteiger partial charge in [-0.05, 0) is 60.7 Å². The zero-order valence-corrected chi connectivity index (χ0v) is 17.5. The SMILES string of the molecule is O/C(=C\[P+](c1ccccc1)(c1ccccc1)c1ccccc1)c1ccc(Cl)cc1. The molecule has 0 fully saturated rings. The Kier molecular flexibility index (Phi) is 5.81. The summed E-state index contributed by atoms with van der Waals surface area (Å²) in [7, 11) is -2.23. The van der Waals surface area contributed by atoms with E-state index in [1.165, 1.54) is 15.9 Å². The molecule has 0 aliphatic heterocycles. The van der Waals surface area contributed by atoms with Gasteiger partial charge in [-0.1, -0.05) is 66.2 Å². The summed E-state index contributed by atoms with van der Waals surface area (Å²) in [5.74, 6) is 2.31. The van der Waals surface area contributed by atoms with Crippen molar-refractivity contribution in [2.75, 3.05) is 0 Å². The van der Waals surface area contributed by atoms with Crippen LogP contribution in [0, 0.1) is 0 Å². The van der Waals surface area contributed by atoms with Crippen LogP contribution in [0.1, 0.15) is 5.56 Å². The Morgan fingerprint density at radius 3 is 1.34 bits per heavy atom. The van der Waals surface area contributed by atoms with Gasteiger partial charge in [0, 0.05) is 10.6 Å². The third-order valence-electron chi connectivity index (χ3n) is 4.95. The van der Waals surface area contributed by atoms with Crippen molar-refractivity contribution in [1.29, 1.82) is 0 Å². The average Bonchev–Trinajstić information content (AvgIpc) is 2.79. The van der Waals surface area contributed by atoms with E-state index in [1.54, 1.807) is 12.1 Å². The number of halogens is 1. The van der Waals surface area contributed by atoms with Gasteiger partial charge in [0.05, 0.1) is 0 Å². The van der Waals surface area contributed by atoms with E-state index >= 15 is 0 Å². The zero-order valence-electron chi connectivity index (χ0n) is 15.8. The Hall–Kier alpha value is -2.86. The van der Waals surface area contributed by atoms with E-state index in [1.807, 2.05) is 30.3 Å². The van der Waals surface area contributed by atoms with Crippen molar-refractivity contribution in [3.63, 3.8) is 0 Å². The number of aliphatic hydroxyl groups excluding tert-OH is 1. The zero-order chi connectivity index (χ0) is 20.1. The van der Waals surface area contributed by atoms with Crippen molar-refractivity contribution in [1.82, 2.24) is 0 Å². The third-order valence-corrected chi connectivity index (χ3v) is 9.17. The van der Waals surface area contributed by atoms with Crippen LogP contribution in [0.25, 0.3) is 5.76 Å². The molecule has 0 aliphatic rings. The summed E-state index contributed by atoms with van der Waals surface area (Å²) in [5.41, 5.74) is 0.751. The molecule has 0 atom stereocenters. The number of hydrogen-bond acceptors (Lipinski definition) is 1. The van der Waals surface area contributed by atoms with Crippen LogP contribution < -0.4 is 15.9 Å². The molecule has 0 aromatic heterocycles. The first kappa shape index (κ1) is 19.5. The molecular formula is C26H21ClOP+. The van der Waals surface area contributed by atoms with Gasteiger partial charge in [-0.2, -0.15) is 0 Å². The first-order valence-corrected chi connectivity index (χ1v) is 11.7. The lowest BCUT2D eigenvalue weighted by Crippen LogP contribution is -2.29. The van der Waals surface area contributed by atoms with Crippen LogP contribution in [0.3, 0.4) is 0 Å². The molecule has 4 rings (SSSR count). The molecule has 1 N–H and O–H groups in total. The Morgan fingerprint density at radius 1 is 0.586 bits per heavy atom. The number of benzene rings is 4. The maximum Gasteiger partial charge on any atom is 0.158 e. The van der Waals surface area contributed by atoms with Gasteiger partial charge in [0.1, 0.15) is 29.0 Å². The van der Waals surface area contributed by atoms with E-state index in [0.29, 0.717) is 5.02 Å².